The second-order valence-electron chi connectivity index (χ2n) is 8.10. The number of hydrogen-bond donors (Lipinski definition) is 1. The molecule has 3 aromatic rings. The van der Waals surface area contributed by atoms with Crippen LogP contribution in [-0.4, -0.2) is 27.0 Å². The second kappa shape index (κ2) is 8.65. The van der Waals surface area contributed by atoms with Crippen LogP contribution < -0.4 is 16.1 Å². The summed E-state index contributed by atoms with van der Waals surface area (Å²) in [5.74, 6) is -0.107. The van der Waals surface area contributed by atoms with Gasteiger partial charge in [-0.3, -0.25) is 19.1 Å². The Hall–Kier alpha value is -3.22. The lowest BCUT2D eigenvalue weighted by Gasteiger charge is -2.23. The topological polar surface area (TPSA) is 88.1 Å². The maximum absolute atomic E-state index is 13.6. The third kappa shape index (κ3) is 4.06. The highest BCUT2D eigenvalue weighted by atomic mass is 16.2. The van der Waals surface area contributed by atoms with Gasteiger partial charge in [0.05, 0.1) is 10.9 Å². The molecule has 2 heterocycles. The summed E-state index contributed by atoms with van der Waals surface area (Å²) >= 11 is 0. The van der Waals surface area contributed by atoms with E-state index in [1.807, 2.05) is 65.0 Å². The first-order valence-corrected chi connectivity index (χ1v) is 10.3. The number of carbonyl (C=O) groups excluding carboxylic acids is 1. The summed E-state index contributed by atoms with van der Waals surface area (Å²) in [5, 5.41) is 0.152. The zero-order valence-electron chi connectivity index (χ0n) is 18.1. The van der Waals surface area contributed by atoms with Gasteiger partial charge in [-0.15, -0.1) is 0 Å². The summed E-state index contributed by atoms with van der Waals surface area (Å²) in [4.78, 5) is 47.6. The van der Waals surface area contributed by atoms with Crippen molar-refractivity contribution < 1.29 is 4.79 Å². The third-order valence-electron chi connectivity index (χ3n) is 4.97. The number of carbonyl (C=O) groups is 1. The molecule has 0 aliphatic carbocycles. The Balaban J connectivity index is 2.34. The van der Waals surface area contributed by atoms with Crippen molar-refractivity contribution in [2.45, 2.75) is 47.1 Å². The summed E-state index contributed by atoms with van der Waals surface area (Å²) in [5.41, 5.74) is 0.823. The Morgan fingerprint density at radius 3 is 2.37 bits per heavy atom. The van der Waals surface area contributed by atoms with Crippen molar-refractivity contribution in [1.29, 1.82) is 0 Å². The second-order valence-corrected chi connectivity index (χ2v) is 8.10. The maximum atomic E-state index is 13.6. The smallest absolute Gasteiger partial charge is 0.309 e. The molecule has 1 aromatic carbocycles. The zero-order chi connectivity index (χ0) is 22.0. The fourth-order valence-electron chi connectivity index (χ4n) is 3.49. The van der Waals surface area contributed by atoms with Crippen LogP contribution in [0.15, 0.2) is 46.0 Å². The monoisotopic (exact) mass is 408 g/mol. The molecule has 0 atom stereocenters. The van der Waals surface area contributed by atoms with Crippen molar-refractivity contribution in [2.24, 2.45) is 5.92 Å². The van der Waals surface area contributed by atoms with Crippen molar-refractivity contribution in [3.8, 4) is 0 Å². The van der Waals surface area contributed by atoms with E-state index < -0.39 is 11.2 Å². The molecule has 158 valence electrons. The molecule has 0 aliphatic heterocycles. The van der Waals surface area contributed by atoms with Crippen LogP contribution in [0.3, 0.4) is 0 Å². The summed E-state index contributed by atoms with van der Waals surface area (Å²) in [6.07, 6.45) is 0. The highest BCUT2D eigenvalue weighted by Crippen LogP contribution is 2.24. The third-order valence-corrected chi connectivity index (χ3v) is 4.97. The van der Waals surface area contributed by atoms with E-state index in [1.54, 1.807) is 11.0 Å². The van der Waals surface area contributed by atoms with Crippen LogP contribution in [0.2, 0.25) is 0 Å². The van der Waals surface area contributed by atoms with Gasteiger partial charge >= 0.3 is 5.69 Å². The van der Waals surface area contributed by atoms with Crippen molar-refractivity contribution in [2.75, 3.05) is 11.4 Å². The van der Waals surface area contributed by atoms with Crippen LogP contribution in [0.1, 0.15) is 56.6 Å². The first-order valence-electron chi connectivity index (χ1n) is 10.3. The summed E-state index contributed by atoms with van der Waals surface area (Å²) in [7, 11) is 0. The molecule has 1 amide bonds. The molecule has 0 bridgehead atoms. The predicted octanol–water partition coefficient (Wildman–Crippen LogP) is 3.53. The first kappa shape index (κ1) is 21.5. The number of benzene rings is 1. The number of aromatic nitrogens is 3. The molecule has 0 radical (unpaired) electrons. The van der Waals surface area contributed by atoms with Crippen molar-refractivity contribution in [1.82, 2.24) is 14.5 Å². The SMILES string of the molecule is CCN(C(=O)c1cc(C(C)C)nc2c1c(=O)[nH]c(=O)n2CC(C)C)c1ccccc1. The lowest BCUT2D eigenvalue weighted by Crippen LogP contribution is -2.36. The van der Waals surface area contributed by atoms with Gasteiger partial charge in [-0.05, 0) is 37.0 Å². The van der Waals surface area contributed by atoms with Crippen molar-refractivity contribution in [3.63, 3.8) is 0 Å². The fourth-order valence-corrected chi connectivity index (χ4v) is 3.49. The molecule has 30 heavy (non-hydrogen) atoms. The molecule has 1 N–H and O–H groups in total. The van der Waals surface area contributed by atoms with Crippen LogP contribution in [0, 0.1) is 5.92 Å². The van der Waals surface area contributed by atoms with E-state index >= 15 is 0 Å². The minimum atomic E-state index is -0.592. The molecular formula is C23H28N4O3. The normalized spacial score (nSPS) is 11.4. The van der Waals surface area contributed by atoms with Crippen molar-refractivity contribution >= 4 is 22.6 Å². The molecule has 0 fully saturated rings. The average Bonchev–Trinajstić information content (AvgIpc) is 2.71. The number of H-pyrrole nitrogens is 1. The number of aromatic amines is 1. The highest BCUT2D eigenvalue weighted by Gasteiger charge is 2.24. The van der Waals surface area contributed by atoms with E-state index in [1.165, 1.54) is 4.57 Å². The Morgan fingerprint density at radius 1 is 1.13 bits per heavy atom. The standard InChI is InChI=1S/C23H28N4O3/c1-6-26(16-10-8-7-9-11-16)22(29)17-12-18(15(4)5)24-20-19(17)21(28)25-23(30)27(20)13-14(2)3/h7-12,14-15H,6,13H2,1-5H3,(H,25,28,30). The van der Waals surface area contributed by atoms with Gasteiger partial charge in [-0.25, -0.2) is 9.78 Å². The largest absolute Gasteiger partial charge is 0.330 e. The lowest BCUT2D eigenvalue weighted by atomic mass is 10.0. The number of hydrogen-bond acceptors (Lipinski definition) is 4. The number of nitrogens with one attached hydrogen (secondary N) is 1. The molecule has 0 spiro atoms. The Labute approximate surface area is 175 Å². The molecule has 7 nitrogen and oxygen atoms in total. The Kier molecular flexibility index (Phi) is 6.20. The van der Waals surface area contributed by atoms with Crippen LogP contribution in [0.4, 0.5) is 5.69 Å². The summed E-state index contributed by atoms with van der Waals surface area (Å²) < 4.78 is 1.46. The van der Waals surface area contributed by atoms with Gasteiger partial charge in [-0.1, -0.05) is 45.9 Å². The van der Waals surface area contributed by atoms with Gasteiger partial charge in [-0.2, -0.15) is 0 Å². The zero-order valence-corrected chi connectivity index (χ0v) is 18.1. The number of rotatable bonds is 6. The minimum absolute atomic E-state index is 0.0228. The predicted molar refractivity (Wildman–Crippen MR) is 119 cm³/mol. The Bertz CT molecular complexity index is 1180. The lowest BCUT2D eigenvalue weighted by molar-refractivity contribution is 0.0989. The molecule has 7 heteroatoms. The number of fused-ring (bicyclic) bond motifs is 1. The molecular weight excluding hydrogens is 380 g/mol. The van der Waals surface area contributed by atoms with Gasteiger partial charge < -0.3 is 4.90 Å². The van der Waals surface area contributed by atoms with Crippen LogP contribution >= 0.6 is 0 Å². The molecule has 0 saturated carbocycles. The number of amides is 1. The number of nitrogens with zero attached hydrogens (tertiary/aromatic N) is 3. The van der Waals surface area contributed by atoms with E-state index in [2.05, 4.69) is 9.97 Å². The van der Waals surface area contributed by atoms with Gasteiger partial charge in [0.1, 0.15) is 0 Å². The first-order chi connectivity index (χ1) is 14.2. The molecule has 0 saturated heterocycles. The molecule has 0 aliphatic rings. The van der Waals surface area contributed by atoms with E-state index in [0.29, 0.717) is 18.8 Å². The van der Waals surface area contributed by atoms with E-state index in [-0.39, 0.29) is 34.3 Å². The number of pyridine rings is 1. The Morgan fingerprint density at radius 2 is 1.80 bits per heavy atom. The maximum Gasteiger partial charge on any atom is 0.330 e. The van der Waals surface area contributed by atoms with E-state index in [0.717, 1.165) is 5.69 Å². The minimum Gasteiger partial charge on any atom is -0.309 e. The number of anilines is 1. The van der Waals surface area contributed by atoms with Gasteiger partial charge in [0.2, 0.25) is 0 Å². The quantitative estimate of drug-likeness (QED) is 0.676. The highest BCUT2D eigenvalue weighted by molar-refractivity contribution is 6.13. The van der Waals surface area contributed by atoms with Gasteiger partial charge in [0, 0.05) is 24.5 Å². The summed E-state index contributed by atoms with van der Waals surface area (Å²) in [6.45, 7) is 10.6. The van der Waals surface area contributed by atoms with Crippen LogP contribution in [0.25, 0.3) is 11.0 Å². The molecule has 0 unspecified atom stereocenters. The molecule has 3 rings (SSSR count). The van der Waals surface area contributed by atoms with Crippen molar-refractivity contribution in [3.05, 3.63) is 68.5 Å². The van der Waals surface area contributed by atoms with Crippen LogP contribution in [-0.2, 0) is 6.54 Å². The molecule has 2 aromatic heterocycles. The summed E-state index contributed by atoms with van der Waals surface area (Å²) in [6, 6.07) is 11.0. The van der Waals surface area contributed by atoms with E-state index in [9.17, 15) is 14.4 Å². The van der Waals surface area contributed by atoms with Gasteiger partial charge in [0.25, 0.3) is 11.5 Å². The van der Waals surface area contributed by atoms with Crippen LogP contribution in [0.5, 0.6) is 0 Å². The fraction of sp³-hybridized carbons (Fsp3) is 0.391. The number of para-hydroxylation sites is 1. The van der Waals surface area contributed by atoms with E-state index in [4.69, 9.17) is 0 Å². The van der Waals surface area contributed by atoms with Gasteiger partial charge in [0.15, 0.2) is 5.65 Å². The average molecular weight is 409 g/mol.